The first-order valence-corrected chi connectivity index (χ1v) is 7.07. The van der Waals surface area contributed by atoms with E-state index in [1.54, 1.807) is 7.11 Å². The molecule has 0 saturated heterocycles. The van der Waals surface area contributed by atoms with E-state index in [4.69, 9.17) is 10.5 Å². The first-order chi connectivity index (χ1) is 8.99. The van der Waals surface area contributed by atoms with Crippen LogP contribution in [-0.4, -0.2) is 20.2 Å². The molecule has 0 heterocycles. The van der Waals surface area contributed by atoms with E-state index in [9.17, 15) is 0 Å². The lowest BCUT2D eigenvalue weighted by molar-refractivity contribution is 0.203. The highest BCUT2D eigenvalue weighted by atomic mass is 16.5. The molecule has 3 nitrogen and oxygen atoms in total. The van der Waals surface area contributed by atoms with Crippen molar-refractivity contribution in [2.75, 3.05) is 14.2 Å². The fourth-order valence-electron chi connectivity index (χ4n) is 3.35. The van der Waals surface area contributed by atoms with Gasteiger partial charge in [-0.1, -0.05) is 6.07 Å². The number of nitrogens with two attached hydrogens (primary N) is 1. The molecule has 0 amide bonds. The van der Waals surface area contributed by atoms with Crippen molar-refractivity contribution in [3.05, 3.63) is 28.3 Å². The van der Waals surface area contributed by atoms with Crippen molar-refractivity contribution in [3.8, 4) is 5.75 Å². The van der Waals surface area contributed by atoms with Gasteiger partial charge in [-0.25, -0.2) is 0 Å². The molecule has 106 valence electrons. The molecule has 0 radical (unpaired) electrons. The summed E-state index contributed by atoms with van der Waals surface area (Å²) in [6, 6.07) is 3.07. The summed E-state index contributed by atoms with van der Waals surface area (Å²) in [5, 5.41) is 3.48. The molecule has 0 aliphatic heterocycles. The Morgan fingerprint density at radius 2 is 1.89 bits per heavy atom. The van der Waals surface area contributed by atoms with Gasteiger partial charge in [0.25, 0.3) is 0 Å². The minimum absolute atomic E-state index is 0.390. The number of benzene rings is 1. The molecule has 1 aliphatic carbocycles. The van der Waals surface area contributed by atoms with E-state index in [-0.39, 0.29) is 0 Å². The Morgan fingerprint density at radius 3 is 2.37 bits per heavy atom. The maximum Gasteiger partial charge on any atom is 0.124 e. The van der Waals surface area contributed by atoms with Crippen LogP contribution in [0.25, 0.3) is 0 Å². The van der Waals surface area contributed by atoms with E-state index in [0.29, 0.717) is 18.0 Å². The number of hydrogen-bond donors (Lipinski definition) is 2. The average molecular weight is 262 g/mol. The van der Waals surface area contributed by atoms with Crippen LogP contribution in [0.1, 0.15) is 41.1 Å². The third-order valence-corrected chi connectivity index (χ3v) is 4.60. The standard InChI is InChI=1S/C16H26N2O/c1-9-6-14(10(2)11(3)16(9)19-5)15(18-4)12-7-13(17)8-12/h6,12-13,15,18H,7-8,17H2,1-5H3. The topological polar surface area (TPSA) is 47.3 Å². The van der Waals surface area contributed by atoms with Gasteiger partial charge in [-0.3, -0.25) is 0 Å². The van der Waals surface area contributed by atoms with Gasteiger partial charge in [-0.15, -0.1) is 0 Å². The molecule has 1 fully saturated rings. The van der Waals surface area contributed by atoms with Crippen molar-refractivity contribution in [1.82, 2.24) is 5.32 Å². The first-order valence-electron chi connectivity index (χ1n) is 7.07. The van der Waals surface area contributed by atoms with Gasteiger partial charge in [0, 0.05) is 12.1 Å². The SMILES string of the molecule is CNC(c1cc(C)c(OC)c(C)c1C)C1CC(N)C1. The lowest BCUT2D eigenvalue weighted by Gasteiger charge is -2.39. The number of hydrogen-bond acceptors (Lipinski definition) is 3. The highest BCUT2D eigenvalue weighted by Gasteiger charge is 2.34. The van der Waals surface area contributed by atoms with Gasteiger partial charge < -0.3 is 15.8 Å². The highest BCUT2D eigenvalue weighted by molar-refractivity contribution is 5.50. The summed E-state index contributed by atoms with van der Waals surface area (Å²) in [6.07, 6.45) is 2.24. The molecule has 1 aromatic rings. The van der Waals surface area contributed by atoms with Crippen LogP contribution >= 0.6 is 0 Å². The molecule has 1 saturated carbocycles. The van der Waals surface area contributed by atoms with Crippen molar-refractivity contribution in [3.63, 3.8) is 0 Å². The number of rotatable bonds is 4. The van der Waals surface area contributed by atoms with Gasteiger partial charge in [0.05, 0.1) is 7.11 Å². The molecule has 19 heavy (non-hydrogen) atoms. The number of ether oxygens (including phenoxy) is 1. The number of nitrogens with one attached hydrogen (secondary N) is 1. The molecule has 1 atom stereocenters. The van der Waals surface area contributed by atoms with E-state index < -0.39 is 0 Å². The van der Waals surface area contributed by atoms with Gasteiger partial charge in [0.1, 0.15) is 5.75 Å². The number of methoxy groups -OCH3 is 1. The Morgan fingerprint density at radius 1 is 1.26 bits per heavy atom. The third-order valence-electron chi connectivity index (χ3n) is 4.60. The Hall–Kier alpha value is -1.06. The molecule has 1 aromatic carbocycles. The summed E-state index contributed by atoms with van der Waals surface area (Å²) < 4.78 is 5.50. The largest absolute Gasteiger partial charge is 0.496 e. The van der Waals surface area contributed by atoms with Gasteiger partial charge in [-0.2, -0.15) is 0 Å². The predicted molar refractivity (Wildman–Crippen MR) is 79.7 cm³/mol. The lowest BCUT2D eigenvalue weighted by atomic mass is 9.73. The Balaban J connectivity index is 2.38. The quantitative estimate of drug-likeness (QED) is 0.877. The van der Waals surface area contributed by atoms with E-state index in [1.165, 1.54) is 22.3 Å². The predicted octanol–water partition coefficient (Wildman–Crippen LogP) is 2.62. The van der Waals surface area contributed by atoms with Crippen LogP contribution < -0.4 is 15.8 Å². The van der Waals surface area contributed by atoms with E-state index in [1.807, 2.05) is 7.05 Å². The monoisotopic (exact) mass is 262 g/mol. The summed E-state index contributed by atoms with van der Waals surface area (Å²) in [5.41, 5.74) is 11.1. The molecule has 0 bridgehead atoms. The minimum atomic E-state index is 0.390. The fraction of sp³-hybridized carbons (Fsp3) is 0.625. The summed E-state index contributed by atoms with van der Waals surface area (Å²) in [5.74, 6) is 1.67. The molecule has 1 unspecified atom stereocenters. The van der Waals surface area contributed by atoms with E-state index in [2.05, 4.69) is 32.2 Å². The van der Waals surface area contributed by atoms with Crippen molar-refractivity contribution >= 4 is 0 Å². The minimum Gasteiger partial charge on any atom is -0.496 e. The zero-order valence-electron chi connectivity index (χ0n) is 12.7. The van der Waals surface area contributed by atoms with Gasteiger partial charge in [-0.05, 0) is 68.8 Å². The molecular weight excluding hydrogens is 236 g/mol. The van der Waals surface area contributed by atoms with E-state index in [0.717, 1.165) is 18.6 Å². The lowest BCUT2D eigenvalue weighted by Crippen LogP contribution is -2.42. The van der Waals surface area contributed by atoms with Crippen LogP contribution in [0.3, 0.4) is 0 Å². The van der Waals surface area contributed by atoms with E-state index >= 15 is 0 Å². The second kappa shape index (κ2) is 5.51. The molecule has 0 aromatic heterocycles. The van der Waals surface area contributed by atoms with Crippen molar-refractivity contribution in [1.29, 1.82) is 0 Å². The van der Waals surface area contributed by atoms with Crippen LogP contribution in [-0.2, 0) is 0 Å². The maximum atomic E-state index is 5.94. The molecule has 0 spiro atoms. The van der Waals surface area contributed by atoms with Crippen molar-refractivity contribution in [2.45, 2.75) is 45.7 Å². The van der Waals surface area contributed by atoms with Gasteiger partial charge in [0.15, 0.2) is 0 Å². The van der Waals surface area contributed by atoms with Gasteiger partial charge in [0.2, 0.25) is 0 Å². The molecule has 3 heteroatoms. The van der Waals surface area contributed by atoms with Crippen LogP contribution in [0.5, 0.6) is 5.75 Å². The summed E-state index contributed by atoms with van der Waals surface area (Å²) >= 11 is 0. The zero-order chi connectivity index (χ0) is 14.2. The average Bonchev–Trinajstić information content (AvgIpc) is 2.34. The van der Waals surface area contributed by atoms with Crippen molar-refractivity contribution < 1.29 is 4.74 Å². The van der Waals surface area contributed by atoms with Crippen LogP contribution in [0.4, 0.5) is 0 Å². The summed E-state index contributed by atoms with van der Waals surface area (Å²) in [7, 11) is 3.79. The highest BCUT2D eigenvalue weighted by Crippen LogP contribution is 2.40. The molecular formula is C16H26N2O. The maximum absolute atomic E-state index is 5.94. The second-order valence-corrected chi connectivity index (χ2v) is 5.82. The Kier molecular flexibility index (Phi) is 4.16. The molecule has 3 N–H and O–H groups in total. The van der Waals surface area contributed by atoms with Crippen LogP contribution in [0.2, 0.25) is 0 Å². The summed E-state index contributed by atoms with van der Waals surface area (Å²) in [6.45, 7) is 6.45. The fourth-order valence-corrected chi connectivity index (χ4v) is 3.35. The van der Waals surface area contributed by atoms with Crippen LogP contribution in [0.15, 0.2) is 6.07 Å². The smallest absolute Gasteiger partial charge is 0.124 e. The van der Waals surface area contributed by atoms with Gasteiger partial charge >= 0.3 is 0 Å². The summed E-state index contributed by atoms with van der Waals surface area (Å²) in [4.78, 5) is 0. The van der Waals surface area contributed by atoms with Crippen molar-refractivity contribution in [2.24, 2.45) is 11.7 Å². The first kappa shape index (κ1) is 14.4. The number of aryl methyl sites for hydroxylation is 1. The molecule has 1 aliphatic rings. The molecule has 2 rings (SSSR count). The second-order valence-electron chi connectivity index (χ2n) is 5.82. The Labute approximate surface area is 116 Å². The zero-order valence-corrected chi connectivity index (χ0v) is 12.7. The third kappa shape index (κ3) is 2.49. The Bertz CT molecular complexity index is 464. The normalized spacial score (nSPS) is 23.9. The van der Waals surface area contributed by atoms with Crippen LogP contribution in [0, 0.1) is 26.7 Å².